The number of fused-ring (bicyclic) bond motifs is 3. The molecule has 4 aromatic rings. The normalized spacial score (nSPS) is 18.8. The number of anilines is 1. The molecule has 2 unspecified atom stereocenters. The number of hydrogen-bond acceptors (Lipinski definition) is 8. The van der Waals surface area contributed by atoms with E-state index in [4.69, 9.17) is 25.8 Å². The fourth-order valence-corrected chi connectivity index (χ4v) is 5.94. The van der Waals surface area contributed by atoms with Crippen molar-refractivity contribution in [2.75, 3.05) is 45.0 Å². The fraction of sp³-hybridized carbons (Fsp3) is 0.400. The second kappa shape index (κ2) is 10.6. The van der Waals surface area contributed by atoms with Gasteiger partial charge < -0.3 is 24.0 Å². The maximum Gasteiger partial charge on any atom is 0.410 e. The van der Waals surface area contributed by atoms with Crippen LogP contribution in [0.5, 0.6) is 5.75 Å². The van der Waals surface area contributed by atoms with Gasteiger partial charge in [-0.25, -0.2) is 14.2 Å². The van der Waals surface area contributed by atoms with Crippen LogP contribution in [-0.2, 0) is 9.47 Å². The number of ether oxygens (including phenoxy) is 3. The first-order chi connectivity index (χ1) is 19.6. The van der Waals surface area contributed by atoms with E-state index in [1.165, 1.54) is 7.11 Å². The Morgan fingerprint density at radius 2 is 1.80 bits per heavy atom. The summed E-state index contributed by atoms with van der Waals surface area (Å²) in [5.74, 6) is 0.970. The molecule has 0 bridgehead atoms. The van der Waals surface area contributed by atoms with Crippen molar-refractivity contribution < 1.29 is 23.4 Å². The number of nitrogens with zero attached hydrogens (tertiary/aromatic N) is 5. The van der Waals surface area contributed by atoms with E-state index in [0.717, 1.165) is 10.8 Å². The van der Waals surface area contributed by atoms with Gasteiger partial charge in [0.15, 0.2) is 12.6 Å². The number of amides is 1. The molecule has 4 heterocycles. The first kappa shape index (κ1) is 27.4. The molecule has 0 saturated carbocycles. The number of aromatic nitrogens is 3. The van der Waals surface area contributed by atoms with Crippen LogP contribution < -0.4 is 9.64 Å². The number of carbonyl (C=O) groups is 1. The minimum atomic E-state index is -0.586. The zero-order chi connectivity index (χ0) is 28.9. The van der Waals surface area contributed by atoms with Gasteiger partial charge in [-0.15, -0.1) is 0 Å². The van der Waals surface area contributed by atoms with E-state index < -0.39 is 11.4 Å². The van der Waals surface area contributed by atoms with Crippen molar-refractivity contribution >= 4 is 45.2 Å². The molecule has 2 saturated heterocycles. The lowest BCUT2D eigenvalue weighted by Gasteiger charge is -2.26. The van der Waals surface area contributed by atoms with Gasteiger partial charge in [0.25, 0.3) is 0 Å². The minimum Gasteiger partial charge on any atom is -0.468 e. The Balaban J connectivity index is 1.33. The number of carbonyl (C=O) groups excluding carboxylic acids is 1. The largest absolute Gasteiger partial charge is 0.468 e. The van der Waals surface area contributed by atoms with Crippen LogP contribution >= 0.6 is 11.6 Å². The van der Waals surface area contributed by atoms with E-state index in [-0.39, 0.29) is 41.2 Å². The van der Waals surface area contributed by atoms with E-state index in [1.54, 1.807) is 17.2 Å². The Kier molecular flexibility index (Phi) is 7.07. The number of rotatable bonds is 5. The standard InChI is InChI=1S/C30H31ClFN5O4/c1-30(2,3)41-29(38)37-14-18-12-36(13-19(18)15-37)27-23-11-33-25(24(32)26(23)34-28(31)35-27)22-10-20(40-16-39-4)9-17-7-5-6-8-21(17)22/h5-11,18-19H,12-16H2,1-4H3. The third kappa shape index (κ3) is 5.34. The molecule has 11 heteroatoms. The summed E-state index contributed by atoms with van der Waals surface area (Å²) in [7, 11) is 1.54. The van der Waals surface area contributed by atoms with E-state index in [2.05, 4.69) is 19.9 Å². The zero-order valence-corrected chi connectivity index (χ0v) is 24.1. The van der Waals surface area contributed by atoms with Crippen LogP contribution in [0.1, 0.15) is 20.8 Å². The highest BCUT2D eigenvalue weighted by molar-refractivity contribution is 6.28. The van der Waals surface area contributed by atoms with Gasteiger partial charge in [0.2, 0.25) is 5.28 Å². The Bertz CT molecular complexity index is 1630. The molecule has 0 spiro atoms. The van der Waals surface area contributed by atoms with Crippen LogP contribution in [0.25, 0.3) is 32.9 Å². The molecule has 41 heavy (non-hydrogen) atoms. The molecule has 2 aromatic heterocycles. The summed E-state index contributed by atoms with van der Waals surface area (Å²) in [4.78, 5) is 29.8. The lowest BCUT2D eigenvalue weighted by Crippen LogP contribution is -2.37. The van der Waals surface area contributed by atoms with Crippen molar-refractivity contribution in [1.29, 1.82) is 0 Å². The highest BCUT2D eigenvalue weighted by Gasteiger charge is 2.43. The molecule has 2 aliphatic rings. The van der Waals surface area contributed by atoms with Crippen molar-refractivity contribution in [3.05, 3.63) is 53.7 Å². The molecular formula is C30H31ClFN5O4. The lowest BCUT2D eigenvalue weighted by molar-refractivity contribution is 0.0282. The Morgan fingerprint density at radius 1 is 1.07 bits per heavy atom. The monoisotopic (exact) mass is 579 g/mol. The molecule has 6 rings (SSSR count). The minimum absolute atomic E-state index is 0.0435. The molecule has 2 aromatic carbocycles. The Hall–Kier alpha value is -3.76. The van der Waals surface area contributed by atoms with Crippen molar-refractivity contribution in [3.63, 3.8) is 0 Å². The summed E-state index contributed by atoms with van der Waals surface area (Å²) in [5.41, 5.74) is 0.272. The van der Waals surface area contributed by atoms with E-state index in [9.17, 15) is 4.79 Å². The first-order valence-corrected chi connectivity index (χ1v) is 13.9. The number of methoxy groups -OCH3 is 1. The van der Waals surface area contributed by atoms with Crippen LogP contribution in [0.2, 0.25) is 5.28 Å². The van der Waals surface area contributed by atoms with Crippen LogP contribution in [0.3, 0.4) is 0 Å². The predicted molar refractivity (Wildman–Crippen MR) is 155 cm³/mol. The number of hydrogen-bond donors (Lipinski definition) is 0. The summed E-state index contributed by atoms with van der Waals surface area (Å²) in [5, 5.41) is 2.14. The highest BCUT2D eigenvalue weighted by Crippen LogP contribution is 2.39. The number of benzene rings is 2. The number of halogens is 2. The van der Waals surface area contributed by atoms with Crippen LogP contribution in [-0.4, -0.2) is 71.6 Å². The van der Waals surface area contributed by atoms with Crippen LogP contribution in [0.15, 0.2) is 42.6 Å². The van der Waals surface area contributed by atoms with Gasteiger partial charge in [0, 0.05) is 56.9 Å². The second-order valence-electron chi connectivity index (χ2n) is 11.6. The van der Waals surface area contributed by atoms with Crippen LogP contribution in [0.4, 0.5) is 15.0 Å². The maximum absolute atomic E-state index is 16.3. The lowest BCUT2D eigenvalue weighted by atomic mass is 10.00. The van der Waals surface area contributed by atoms with Gasteiger partial charge in [0.05, 0.1) is 5.39 Å². The van der Waals surface area contributed by atoms with Crippen molar-refractivity contribution in [2.45, 2.75) is 26.4 Å². The third-order valence-corrected chi connectivity index (χ3v) is 7.68. The molecule has 1 amide bonds. The summed E-state index contributed by atoms with van der Waals surface area (Å²) in [6.45, 7) is 8.14. The molecule has 2 atom stereocenters. The first-order valence-electron chi connectivity index (χ1n) is 13.5. The number of likely N-dealkylation sites (tertiary alicyclic amines) is 1. The van der Waals surface area contributed by atoms with Crippen LogP contribution in [0, 0.1) is 17.7 Å². The summed E-state index contributed by atoms with van der Waals surface area (Å²) >= 11 is 6.36. The maximum atomic E-state index is 16.3. The molecule has 0 N–H and O–H groups in total. The molecule has 2 fully saturated rings. The summed E-state index contributed by atoms with van der Waals surface area (Å²) in [6, 6.07) is 11.3. The fourth-order valence-electron chi connectivity index (χ4n) is 5.77. The highest BCUT2D eigenvalue weighted by atomic mass is 35.5. The van der Waals surface area contributed by atoms with Gasteiger partial charge in [0.1, 0.15) is 28.4 Å². The SMILES string of the molecule is COCOc1cc(-c2ncc3c(N4CC5CN(C(=O)OC(C)(C)C)CC5C4)nc(Cl)nc3c2F)c2ccccc2c1. The van der Waals surface area contributed by atoms with Gasteiger partial charge in [-0.05, 0) is 55.3 Å². The molecule has 0 aliphatic carbocycles. The van der Waals surface area contributed by atoms with Gasteiger partial charge in [-0.2, -0.15) is 4.98 Å². The van der Waals surface area contributed by atoms with Crippen molar-refractivity contribution in [1.82, 2.24) is 19.9 Å². The number of pyridine rings is 1. The van der Waals surface area contributed by atoms with Gasteiger partial charge >= 0.3 is 6.09 Å². The van der Waals surface area contributed by atoms with Crippen molar-refractivity contribution in [3.8, 4) is 17.0 Å². The van der Waals surface area contributed by atoms with E-state index in [1.807, 2.05) is 51.1 Å². The van der Waals surface area contributed by atoms with Crippen molar-refractivity contribution in [2.24, 2.45) is 11.8 Å². The molecule has 9 nitrogen and oxygen atoms in total. The molecular weight excluding hydrogens is 549 g/mol. The average Bonchev–Trinajstić information content (AvgIpc) is 3.51. The predicted octanol–water partition coefficient (Wildman–Crippen LogP) is 5.92. The topological polar surface area (TPSA) is 89.9 Å². The van der Waals surface area contributed by atoms with Gasteiger partial charge in [-0.1, -0.05) is 24.3 Å². The quantitative estimate of drug-likeness (QED) is 0.212. The average molecular weight is 580 g/mol. The molecule has 0 radical (unpaired) electrons. The Labute approximate surface area is 242 Å². The van der Waals surface area contributed by atoms with E-state index in [0.29, 0.717) is 48.7 Å². The second-order valence-corrected chi connectivity index (χ2v) is 11.9. The third-order valence-electron chi connectivity index (χ3n) is 7.51. The summed E-state index contributed by atoms with van der Waals surface area (Å²) in [6.07, 6.45) is 1.31. The smallest absolute Gasteiger partial charge is 0.410 e. The van der Waals surface area contributed by atoms with Gasteiger partial charge in [-0.3, -0.25) is 4.98 Å². The molecule has 214 valence electrons. The summed E-state index contributed by atoms with van der Waals surface area (Å²) < 4.78 is 32.6. The molecule has 2 aliphatic heterocycles. The Morgan fingerprint density at radius 3 is 2.51 bits per heavy atom. The zero-order valence-electron chi connectivity index (χ0n) is 23.4. The van der Waals surface area contributed by atoms with E-state index >= 15 is 4.39 Å².